The summed E-state index contributed by atoms with van der Waals surface area (Å²) in [4.78, 5) is 0. The van der Waals surface area contributed by atoms with E-state index in [1.807, 2.05) is 6.92 Å². The third-order valence-electron chi connectivity index (χ3n) is 3.06. The standard InChI is InChI=1S/C15H12Br2FO2.ClH.Mg/c1-8-6-13(20-2)10(7-12(8)17)15(19)9-4-3-5-11(16)14(9)18;;/h3-7,15H,1-2H3;1H;/q-1;;+2/p-1. The van der Waals surface area contributed by atoms with E-state index in [0.29, 0.717) is 11.3 Å². The van der Waals surface area contributed by atoms with Gasteiger partial charge in [0, 0.05) is 4.47 Å². The fourth-order valence-corrected chi connectivity index (χ4v) is 2.69. The van der Waals surface area contributed by atoms with Crippen molar-refractivity contribution in [3.05, 3.63) is 61.8 Å². The Hall–Kier alpha value is 0.146. The maximum Gasteiger partial charge on any atom is 2.00 e. The van der Waals surface area contributed by atoms with Crippen molar-refractivity contribution < 1.29 is 26.6 Å². The molecule has 0 amide bonds. The van der Waals surface area contributed by atoms with Crippen LogP contribution in [0.15, 0.2) is 39.3 Å². The molecular formula is C15H12Br2ClFMgO2. The van der Waals surface area contributed by atoms with Crippen LogP contribution in [0.4, 0.5) is 4.39 Å². The summed E-state index contributed by atoms with van der Waals surface area (Å²) in [7, 11) is 1.50. The van der Waals surface area contributed by atoms with Gasteiger partial charge in [0.2, 0.25) is 0 Å². The molecule has 0 spiro atoms. The van der Waals surface area contributed by atoms with Crippen molar-refractivity contribution in [2.45, 2.75) is 13.0 Å². The molecule has 2 nitrogen and oxygen atoms in total. The van der Waals surface area contributed by atoms with Crippen molar-refractivity contribution in [1.29, 1.82) is 0 Å². The van der Waals surface area contributed by atoms with Gasteiger partial charge < -0.3 is 22.3 Å². The maximum atomic E-state index is 14.1. The van der Waals surface area contributed by atoms with Crippen LogP contribution in [0.3, 0.4) is 0 Å². The second-order valence-corrected chi connectivity index (χ2v) is 6.08. The Morgan fingerprint density at radius 3 is 2.36 bits per heavy atom. The number of hydrogen-bond acceptors (Lipinski definition) is 2. The van der Waals surface area contributed by atoms with E-state index in [2.05, 4.69) is 31.9 Å². The van der Waals surface area contributed by atoms with E-state index in [9.17, 15) is 9.50 Å². The molecule has 0 saturated carbocycles. The summed E-state index contributed by atoms with van der Waals surface area (Å²) in [5.41, 5.74) is 1.45. The van der Waals surface area contributed by atoms with Crippen LogP contribution in [0.25, 0.3) is 0 Å². The second kappa shape index (κ2) is 9.44. The van der Waals surface area contributed by atoms with Gasteiger partial charge in [0.1, 0.15) is 11.6 Å². The van der Waals surface area contributed by atoms with E-state index in [4.69, 9.17) is 4.74 Å². The zero-order valence-corrected chi connectivity index (χ0v) is 17.3. The van der Waals surface area contributed by atoms with Crippen molar-refractivity contribution in [3.63, 3.8) is 0 Å². The van der Waals surface area contributed by atoms with Gasteiger partial charge in [-0.3, -0.25) is 0 Å². The van der Waals surface area contributed by atoms with Gasteiger partial charge in [-0.25, -0.2) is 4.39 Å². The molecule has 0 fully saturated rings. The topological polar surface area (TPSA) is 32.3 Å². The minimum Gasteiger partial charge on any atom is -1.00 e. The number of methoxy groups -OCH3 is 1. The predicted octanol–water partition coefficient (Wildman–Crippen LogP) is 0.741. The molecule has 1 atom stereocenters. The molecule has 0 radical (unpaired) electrons. The third-order valence-corrected chi connectivity index (χ3v) is 4.52. The number of rotatable bonds is 3. The Labute approximate surface area is 168 Å². The first-order chi connectivity index (χ1) is 9.45. The maximum absolute atomic E-state index is 14.1. The first-order valence-corrected chi connectivity index (χ1v) is 7.48. The van der Waals surface area contributed by atoms with Gasteiger partial charge in [-0.15, -0.1) is 0 Å². The van der Waals surface area contributed by atoms with E-state index in [-0.39, 0.29) is 45.5 Å². The van der Waals surface area contributed by atoms with Gasteiger partial charge in [0.05, 0.1) is 11.6 Å². The molecule has 2 aromatic rings. The number of halogens is 4. The molecule has 0 aliphatic carbocycles. The van der Waals surface area contributed by atoms with Crippen LogP contribution in [-0.2, 0) is 0 Å². The van der Waals surface area contributed by atoms with E-state index in [1.165, 1.54) is 13.2 Å². The molecule has 114 valence electrons. The molecule has 7 heteroatoms. The average molecular weight is 463 g/mol. The van der Waals surface area contributed by atoms with Crippen LogP contribution in [-0.4, -0.2) is 30.2 Å². The average Bonchev–Trinajstić information content (AvgIpc) is 2.43. The zero-order chi connectivity index (χ0) is 14.9. The summed E-state index contributed by atoms with van der Waals surface area (Å²) in [6.45, 7) is 1.90. The van der Waals surface area contributed by atoms with Gasteiger partial charge in [-0.1, -0.05) is 34.2 Å². The number of benzene rings is 2. The predicted molar refractivity (Wildman–Crippen MR) is 87.1 cm³/mol. The minimum atomic E-state index is -1.35. The smallest absolute Gasteiger partial charge is 1.00 e. The summed E-state index contributed by atoms with van der Waals surface area (Å²) in [6, 6.07) is 8.15. The van der Waals surface area contributed by atoms with Crippen LogP contribution in [0, 0.1) is 12.7 Å². The fourth-order valence-electron chi connectivity index (χ4n) is 1.94. The molecule has 22 heavy (non-hydrogen) atoms. The van der Waals surface area contributed by atoms with Crippen LogP contribution in [0.1, 0.15) is 22.8 Å². The van der Waals surface area contributed by atoms with Gasteiger partial charge in [-0.05, 0) is 57.7 Å². The third kappa shape index (κ3) is 4.58. The monoisotopic (exact) mass is 460 g/mol. The Morgan fingerprint density at radius 2 is 1.77 bits per heavy atom. The van der Waals surface area contributed by atoms with E-state index >= 15 is 0 Å². The molecule has 0 heterocycles. The molecular weight excluding hydrogens is 451 g/mol. The number of aryl methyl sites for hydroxylation is 1. The quantitative estimate of drug-likeness (QED) is 0.630. The molecule has 0 aliphatic rings. The first kappa shape index (κ1) is 22.1. The summed E-state index contributed by atoms with van der Waals surface area (Å²) in [5, 5.41) is 12.6. The van der Waals surface area contributed by atoms with E-state index in [0.717, 1.165) is 10.0 Å². The molecule has 2 aromatic carbocycles. The summed E-state index contributed by atoms with van der Waals surface area (Å²) in [5.74, 6) is -0.0728. The minimum absolute atomic E-state index is 0. The molecule has 0 aromatic heterocycles. The van der Waals surface area contributed by atoms with Crippen molar-refractivity contribution in [1.82, 2.24) is 0 Å². The van der Waals surface area contributed by atoms with Crippen molar-refractivity contribution in [2.75, 3.05) is 7.11 Å². The van der Waals surface area contributed by atoms with Gasteiger partial charge in [-0.2, -0.15) is 0 Å². The largest absolute Gasteiger partial charge is 2.00 e. The molecule has 0 N–H and O–H groups in total. The van der Waals surface area contributed by atoms with Gasteiger partial charge in [0.15, 0.2) is 0 Å². The van der Waals surface area contributed by atoms with Crippen LogP contribution in [0.2, 0.25) is 0 Å². The Balaban J connectivity index is 0.00000220. The van der Waals surface area contributed by atoms with Crippen LogP contribution in [0.5, 0.6) is 5.75 Å². The summed E-state index contributed by atoms with van der Waals surface area (Å²) >= 11 is 6.48. The first-order valence-electron chi connectivity index (χ1n) is 5.89. The number of hydrogen-bond donors (Lipinski definition) is 0. The van der Waals surface area contributed by atoms with Gasteiger partial charge >= 0.3 is 23.1 Å². The molecule has 0 aliphatic heterocycles. The summed E-state index contributed by atoms with van der Waals surface area (Å²) < 4.78 is 20.4. The van der Waals surface area contributed by atoms with Crippen molar-refractivity contribution in [3.8, 4) is 5.75 Å². The van der Waals surface area contributed by atoms with Crippen LogP contribution < -0.4 is 22.3 Å². The number of ether oxygens (including phenoxy) is 1. The Bertz CT molecular complexity index is 656. The Kier molecular flexibility index (Phi) is 9.51. The van der Waals surface area contributed by atoms with Crippen LogP contribution >= 0.6 is 31.9 Å². The molecule has 0 saturated heterocycles. The fraction of sp³-hybridized carbons (Fsp3) is 0.200. The summed E-state index contributed by atoms with van der Waals surface area (Å²) in [6.07, 6.45) is -1.35. The van der Waals surface area contributed by atoms with Crippen molar-refractivity contribution in [2.24, 2.45) is 0 Å². The molecule has 1 unspecified atom stereocenters. The zero-order valence-electron chi connectivity index (χ0n) is 12.0. The van der Waals surface area contributed by atoms with Gasteiger partial charge in [0.25, 0.3) is 0 Å². The van der Waals surface area contributed by atoms with Crippen molar-refractivity contribution >= 4 is 54.9 Å². The second-order valence-electron chi connectivity index (χ2n) is 4.37. The van der Waals surface area contributed by atoms with E-state index < -0.39 is 11.9 Å². The Morgan fingerprint density at radius 1 is 1.14 bits per heavy atom. The molecule has 2 rings (SSSR count). The normalized spacial score (nSPS) is 11.2. The van der Waals surface area contributed by atoms with E-state index in [1.54, 1.807) is 24.3 Å². The SMILES string of the molecule is COc1cc(C)c(Br)cc1C([O-])c1cccc(Br)c1F.[Cl-].[Mg+2]. The molecule has 0 bridgehead atoms.